The molecule has 0 fully saturated rings. The number of nitrogen functional groups attached to an aromatic ring is 1. The number of halogens is 3. The monoisotopic (exact) mass is 292 g/mol. The summed E-state index contributed by atoms with van der Waals surface area (Å²) >= 11 is 0. The number of aromatic nitrogens is 1. The van der Waals surface area contributed by atoms with Gasteiger partial charge < -0.3 is 20.3 Å². The van der Waals surface area contributed by atoms with Crippen LogP contribution in [0.2, 0.25) is 0 Å². The fraction of sp³-hybridized carbons (Fsp3) is 0.583. The minimum absolute atomic E-state index is 0.0824. The number of nitrogens with two attached hydrogens (primary N) is 1. The van der Waals surface area contributed by atoms with Gasteiger partial charge in [-0.15, -0.1) is 0 Å². The lowest BCUT2D eigenvalue weighted by Gasteiger charge is -2.21. The molecule has 0 bridgehead atoms. The highest BCUT2D eigenvalue weighted by atomic mass is 19.4. The number of likely N-dealkylation sites (N-methyl/N-ethyl adjacent to an activating group) is 2. The Hall–Kier alpha value is -1.70. The van der Waals surface area contributed by atoms with Crippen LogP contribution >= 0.6 is 0 Å². The summed E-state index contributed by atoms with van der Waals surface area (Å²) in [6.45, 7) is 0.0684. The summed E-state index contributed by atoms with van der Waals surface area (Å²) in [6, 6.07) is 3.13. The summed E-state index contributed by atoms with van der Waals surface area (Å²) in [5, 5.41) is 0. The maximum atomic E-state index is 12.1. The number of alkyl halides is 3. The van der Waals surface area contributed by atoms with Gasteiger partial charge in [-0.1, -0.05) is 0 Å². The van der Waals surface area contributed by atoms with E-state index >= 15 is 0 Å². The van der Waals surface area contributed by atoms with Gasteiger partial charge in [0, 0.05) is 20.1 Å². The molecule has 0 aromatic carbocycles. The number of hydrogen-bond donors (Lipinski definition) is 1. The van der Waals surface area contributed by atoms with Crippen molar-refractivity contribution in [3.63, 3.8) is 0 Å². The lowest BCUT2D eigenvalue weighted by Crippen LogP contribution is -2.29. The Balaban J connectivity index is 2.74. The van der Waals surface area contributed by atoms with Crippen LogP contribution in [0.3, 0.4) is 0 Å². The highest BCUT2D eigenvalue weighted by Gasteiger charge is 2.29. The first-order valence-electron chi connectivity index (χ1n) is 6.01. The average Bonchev–Trinajstić information content (AvgIpc) is 2.33. The Kier molecular flexibility index (Phi) is 5.43. The van der Waals surface area contributed by atoms with Crippen LogP contribution in [-0.4, -0.2) is 56.9 Å². The summed E-state index contributed by atoms with van der Waals surface area (Å²) in [7, 11) is 5.67. The van der Waals surface area contributed by atoms with E-state index in [1.807, 2.05) is 23.9 Å². The number of nitrogens with zero attached hydrogens (tertiary/aromatic N) is 3. The molecule has 0 saturated heterocycles. The van der Waals surface area contributed by atoms with Crippen molar-refractivity contribution in [2.45, 2.75) is 6.18 Å². The molecule has 114 valence electrons. The third-order valence-corrected chi connectivity index (χ3v) is 2.52. The van der Waals surface area contributed by atoms with Gasteiger partial charge in [0.1, 0.15) is 5.82 Å². The summed E-state index contributed by atoms with van der Waals surface area (Å²) in [4.78, 5) is 7.83. The summed E-state index contributed by atoms with van der Waals surface area (Å²) < 4.78 is 41.0. The van der Waals surface area contributed by atoms with E-state index in [4.69, 9.17) is 5.73 Å². The Morgan fingerprint density at radius 1 is 1.20 bits per heavy atom. The zero-order chi connectivity index (χ0) is 15.3. The molecule has 0 aliphatic heterocycles. The van der Waals surface area contributed by atoms with E-state index < -0.39 is 12.8 Å². The van der Waals surface area contributed by atoms with Crippen molar-refractivity contribution in [2.75, 3.05) is 51.5 Å². The van der Waals surface area contributed by atoms with Crippen LogP contribution < -0.4 is 15.4 Å². The van der Waals surface area contributed by atoms with Gasteiger partial charge in [0.25, 0.3) is 0 Å². The molecule has 0 amide bonds. The number of rotatable bonds is 6. The fourth-order valence-electron chi connectivity index (χ4n) is 1.38. The summed E-state index contributed by atoms with van der Waals surface area (Å²) in [5.41, 5.74) is 5.64. The van der Waals surface area contributed by atoms with Gasteiger partial charge >= 0.3 is 6.18 Å². The maximum Gasteiger partial charge on any atom is 0.422 e. The first-order valence-corrected chi connectivity index (χ1v) is 6.01. The number of anilines is 2. The number of pyridine rings is 1. The third-order valence-electron chi connectivity index (χ3n) is 2.52. The molecule has 5 nitrogen and oxygen atoms in total. The van der Waals surface area contributed by atoms with Crippen LogP contribution in [0.4, 0.5) is 24.7 Å². The van der Waals surface area contributed by atoms with Crippen LogP contribution in [-0.2, 0) is 0 Å². The average molecular weight is 292 g/mol. The molecule has 0 radical (unpaired) electrons. The normalized spacial score (nSPS) is 11.8. The zero-order valence-corrected chi connectivity index (χ0v) is 11.7. The molecule has 1 aromatic rings. The molecule has 20 heavy (non-hydrogen) atoms. The van der Waals surface area contributed by atoms with Crippen molar-refractivity contribution in [1.29, 1.82) is 0 Å². The molecular weight excluding hydrogens is 273 g/mol. The van der Waals surface area contributed by atoms with Crippen LogP contribution in [0.1, 0.15) is 0 Å². The molecule has 0 saturated carbocycles. The molecule has 0 aliphatic carbocycles. The predicted octanol–water partition coefficient (Wildman–Crippen LogP) is 1.60. The molecule has 2 N–H and O–H groups in total. The standard InChI is InChI=1S/C12H19F3N4O/c1-18(2)6-7-19(3)10-5-4-9(16)11(17-10)20-8-12(13,14)15/h4-5H,6-8,16H2,1-3H3. The van der Waals surface area contributed by atoms with E-state index in [0.717, 1.165) is 6.54 Å². The minimum atomic E-state index is -4.42. The zero-order valence-electron chi connectivity index (χ0n) is 11.7. The Morgan fingerprint density at radius 3 is 2.40 bits per heavy atom. The van der Waals surface area contributed by atoms with Crippen molar-refractivity contribution in [2.24, 2.45) is 0 Å². The first-order chi connectivity index (χ1) is 9.19. The van der Waals surface area contributed by atoms with Crippen molar-refractivity contribution >= 4 is 11.5 Å². The second-order valence-electron chi connectivity index (χ2n) is 4.69. The molecule has 1 aromatic heterocycles. The molecule has 0 atom stereocenters. The topological polar surface area (TPSA) is 54.6 Å². The van der Waals surface area contributed by atoms with E-state index in [0.29, 0.717) is 12.4 Å². The van der Waals surface area contributed by atoms with Gasteiger partial charge in [-0.2, -0.15) is 18.2 Å². The Morgan fingerprint density at radius 2 is 1.85 bits per heavy atom. The molecule has 0 spiro atoms. The van der Waals surface area contributed by atoms with Crippen LogP contribution in [0.25, 0.3) is 0 Å². The van der Waals surface area contributed by atoms with E-state index in [-0.39, 0.29) is 11.6 Å². The largest absolute Gasteiger partial charge is 0.466 e. The van der Waals surface area contributed by atoms with E-state index in [9.17, 15) is 13.2 Å². The third kappa shape index (κ3) is 5.52. The van der Waals surface area contributed by atoms with Crippen LogP contribution in [0.15, 0.2) is 12.1 Å². The van der Waals surface area contributed by atoms with Gasteiger partial charge in [-0.05, 0) is 26.2 Å². The second kappa shape index (κ2) is 6.65. The summed E-state index contributed by atoms with van der Waals surface area (Å²) in [6.07, 6.45) is -4.42. The van der Waals surface area contributed by atoms with Crippen LogP contribution in [0.5, 0.6) is 5.88 Å². The molecular formula is C12H19F3N4O. The van der Waals surface area contributed by atoms with Crippen molar-refractivity contribution in [3.05, 3.63) is 12.1 Å². The quantitative estimate of drug-likeness (QED) is 0.863. The SMILES string of the molecule is CN(C)CCN(C)c1ccc(N)c(OCC(F)(F)F)n1. The van der Waals surface area contributed by atoms with Crippen molar-refractivity contribution in [3.8, 4) is 5.88 Å². The number of hydrogen-bond acceptors (Lipinski definition) is 5. The first kappa shape index (κ1) is 16.4. The number of ether oxygens (including phenoxy) is 1. The van der Waals surface area contributed by atoms with Crippen molar-refractivity contribution < 1.29 is 17.9 Å². The van der Waals surface area contributed by atoms with E-state index in [1.165, 1.54) is 6.07 Å². The maximum absolute atomic E-state index is 12.1. The molecule has 8 heteroatoms. The molecule has 1 rings (SSSR count). The highest BCUT2D eigenvalue weighted by Crippen LogP contribution is 2.25. The van der Waals surface area contributed by atoms with Gasteiger partial charge in [-0.25, -0.2) is 0 Å². The van der Waals surface area contributed by atoms with Gasteiger partial charge in [-0.3, -0.25) is 0 Å². The van der Waals surface area contributed by atoms with Gasteiger partial charge in [0.05, 0.1) is 5.69 Å². The molecule has 0 unspecified atom stereocenters. The van der Waals surface area contributed by atoms with Crippen LogP contribution in [0, 0.1) is 0 Å². The Labute approximate surface area is 116 Å². The molecule has 1 heterocycles. The summed E-state index contributed by atoms with van der Waals surface area (Å²) in [5.74, 6) is 0.315. The van der Waals surface area contributed by atoms with Gasteiger partial charge in [0.2, 0.25) is 5.88 Å². The Bertz CT molecular complexity index is 437. The van der Waals surface area contributed by atoms with Gasteiger partial charge in [0.15, 0.2) is 6.61 Å². The fourth-order valence-corrected chi connectivity index (χ4v) is 1.38. The lowest BCUT2D eigenvalue weighted by atomic mass is 10.3. The van der Waals surface area contributed by atoms with E-state index in [2.05, 4.69) is 9.72 Å². The smallest absolute Gasteiger partial charge is 0.422 e. The highest BCUT2D eigenvalue weighted by molar-refractivity contribution is 5.54. The van der Waals surface area contributed by atoms with Crippen molar-refractivity contribution in [1.82, 2.24) is 9.88 Å². The predicted molar refractivity (Wildman–Crippen MR) is 72.0 cm³/mol. The second-order valence-corrected chi connectivity index (χ2v) is 4.69. The van der Waals surface area contributed by atoms with E-state index in [1.54, 1.807) is 13.1 Å². The minimum Gasteiger partial charge on any atom is -0.466 e. The lowest BCUT2D eigenvalue weighted by molar-refractivity contribution is -0.153. The molecule has 0 aliphatic rings.